The second-order valence-electron chi connectivity index (χ2n) is 6.69. The quantitative estimate of drug-likeness (QED) is 0.620. The standard InChI is InChI=1S/C19H21N5O3S2/c1-20-19(25)17-15(8-11-28-17)29(26,27)21-12-16-22-14-7-3-2-6-13(14)18(23-16)24-9-4-5-10-24/h2-3,6-8,11,21H,4-5,9-10,12H2,1H3,(H,20,25). The minimum atomic E-state index is -3.88. The molecule has 8 nitrogen and oxygen atoms in total. The van der Waals surface area contributed by atoms with Crippen molar-refractivity contribution in [2.75, 3.05) is 25.0 Å². The highest BCUT2D eigenvalue weighted by molar-refractivity contribution is 7.89. The van der Waals surface area contributed by atoms with Gasteiger partial charge in [0, 0.05) is 25.5 Å². The number of hydrogen-bond acceptors (Lipinski definition) is 7. The topological polar surface area (TPSA) is 104 Å². The molecule has 0 bridgehead atoms. The number of benzene rings is 1. The maximum atomic E-state index is 12.8. The molecule has 29 heavy (non-hydrogen) atoms. The van der Waals surface area contributed by atoms with Gasteiger partial charge in [0.2, 0.25) is 10.0 Å². The summed E-state index contributed by atoms with van der Waals surface area (Å²) < 4.78 is 28.1. The SMILES string of the molecule is CNC(=O)c1sccc1S(=O)(=O)NCc1nc(N2CCCC2)c2ccccc2n1. The largest absolute Gasteiger partial charge is 0.356 e. The molecule has 3 heterocycles. The van der Waals surface area contributed by atoms with E-state index in [4.69, 9.17) is 0 Å². The van der Waals surface area contributed by atoms with Gasteiger partial charge in [-0.25, -0.2) is 23.1 Å². The van der Waals surface area contributed by atoms with Gasteiger partial charge in [-0.1, -0.05) is 12.1 Å². The van der Waals surface area contributed by atoms with Crippen molar-refractivity contribution in [1.82, 2.24) is 20.0 Å². The molecule has 1 aliphatic heterocycles. The van der Waals surface area contributed by atoms with E-state index >= 15 is 0 Å². The van der Waals surface area contributed by atoms with E-state index in [0.717, 1.165) is 54.0 Å². The van der Waals surface area contributed by atoms with Crippen LogP contribution in [0.1, 0.15) is 28.3 Å². The molecule has 0 spiro atoms. The predicted molar refractivity (Wildman–Crippen MR) is 113 cm³/mol. The average Bonchev–Trinajstić information content (AvgIpc) is 3.43. The predicted octanol–water partition coefficient (Wildman–Crippen LogP) is 2.13. The second-order valence-corrected chi connectivity index (χ2v) is 9.34. The minimum Gasteiger partial charge on any atom is -0.356 e. The summed E-state index contributed by atoms with van der Waals surface area (Å²) in [6, 6.07) is 9.16. The summed E-state index contributed by atoms with van der Waals surface area (Å²) in [4.78, 5) is 23.4. The van der Waals surface area contributed by atoms with Crippen LogP contribution in [0, 0.1) is 0 Å². The Kier molecular flexibility index (Phi) is 5.48. The summed E-state index contributed by atoms with van der Waals surface area (Å²) >= 11 is 1.08. The lowest BCUT2D eigenvalue weighted by Gasteiger charge is -2.19. The van der Waals surface area contributed by atoms with Crippen molar-refractivity contribution in [3.63, 3.8) is 0 Å². The molecule has 0 atom stereocenters. The van der Waals surface area contributed by atoms with Crippen molar-refractivity contribution in [2.24, 2.45) is 0 Å². The van der Waals surface area contributed by atoms with Gasteiger partial charge in [-0.3, -0.25) is 4.79 Å². The molecule has 152 valence electrons. The molecule has 0 radical (unpaired) electrons. The first-order chi connectivity index (χ1) is 14.0. The molecule has 1 fully saturated rings. The Bertz CT molecular complexity index is 1150. The molecule has 1 amide bonds. The van der Waals surface area contributed by atoms with E-state index in [2.05, 4.69) is 24.9 Å². The van der Waals surface area contributed by atoms with E-state index in [1.807, 2.05) is 24.3 Å². The van der Waals surface area contributed by atoms with Crippen LogP contribution >= 0.6 is 11.3 Å². The minimum absolute atomic E-state index is 0.0394. The zero-order valence-corrected chi connectivity index (χ0v) is 17.5. The van der Waals surface area contributed by atoms with Crippen LogP contribution in [0.5, 0.6) is 0 Å². The Morgan fingerprint density at radius 1 is 1.17 bits per heavy atom. The van der Waals surface area contributed by atoms with E-state index in [0.29, 0.717) is 5.82 Å². The number of amides is 1. The van der Waals surface area contributed by atoms with E-state index in [1.54, 1.807) is 5.38 Å². The molecule has 10 heteroatoms. The van der Waals surface area contributed by atoms with Gasteiger partial charge in [0.05, 0.1) is 12.1 Å². The average molecular weight is 432 g/mol. The van der Waals surface area contributed by atoms with Crippen molar-refractivity contribution in [3.8, 4) is 0 Å². The number of nitrogens with one attached hydrogen (secondary N) is 2. The molecule has 2 aromatic heterocycles. The molecule has 1 aromatic carbocycles. The maximum Gasteiger partial charge on any atom is 0.262 e. The zero-order valence-electron chi connectivity index (χ0n) is 15.9. The van der Waals surface area contributed by atoms with Crippen molar-refractivity contribution < 1.29 is 13.2 Å². The summed E-state index contributed by atoms with van der Waals surface area (Å²) in [5.41, 5.74) is 0.778. The first kappa shape index (κ1) is 19.7. The number of para-hydroxylation sites is 1. The molecular formula is C19H21N5O3S2. The van der Waals surface area contributed by atoms with Crippen LogP contribution in [0.2, 0.25) is 0 Å². The Morgan fingerprint density at radius 3 is 2.69 bits per heavy atom. The van der Waals surface area contributed by atoms with Crippen LogP contribution < -0.4 is 14.9 Å². The molecular weight excluding hydrogens is 410 g/mol. The maximum absolute atomic E-state index is 12.8. The number of hydrogen-bond donors (Lipinski definition) is 2. The van der Waals surface area contributed by atoms with Crippen LogP contribution in [0.15, 0.2) is 40.6 Å². The van der Waals surface area contributed by atoms with Gasteiger partial charge in [0.1, 0.15) is 21.4 Å². The lowest BCUT2D eigenvalue weighted by Crippen LogP contribution is -2.27. The number of rotatable bonds is 6. The van der Waals surface area contributed by atoms with E-state index in [1.165, 1.54) is 13.1 Å². The highest BCUT2D eigenvalue weighted by Gasteiger charge is 2.24. The lowest BCUT2D eigenvalue weighted by atomic mass is 10.2. The van der Waals surface area contributed by atoms with Gasteiger partial charge in [0.25, 0.3) is 5.91 Å². The number of sulfonamides is 1. The van der Waals surface area contributed by atoms with E-state index < -0.39 is 15.9 Å². The normalized spacial score (nSPS) is 14.4. The number of thiophene rings is 1. The highest BCUT2D eigenvalue weighted by atomic mass is 32.2. The summed E-state index contributed by atoms with van der Waals surface area (Å²) in [6.07, 6.45) is 2.22. The van der Waals surface area contributed by atoms with Gasteiger partial charge in [0.15, 0.2) is 0 Å². The molecule has 0 aliphatic carbocycles. The Labute approximate surface area is 173 Å². The fourth-order valence-corrected chi connectivity index (χ4v) is 5.73. The van der Waals surface area contributed by atoms with E-state index in [9.17, 15) is 13.2 Å². The number of aromatic nitrogens is 2. The lowest BCUT2D eigenvalue weighted by molar-refractivity contribution is 0.0964. The summed E-state index contributed by atoms with van der Waals surface area (Å²) in [7, 11) is -2.41. The number of nitrogens with zero attached hydrogens (tertiary/aromatic N) is 3. The van der Waals surface area contributed by atoms with Gasteiger partial charge in [-0.15, -0.1) is 11.3 Å². The van der Waals surface area contributed by atoms with Crippen LogP contribution in [0.4, 0.5) is 5.82 Å². The monoisotopic (exact) mass is 431 g/mol. The summed E-state index contributed by atoms with van der Waals surface area (Å²) in [6.45, 7) is 1.80. The molecule has 1 saturated heterocycles. The number of fused-ring (bicyclic) bond motifs is 1. The second kappa shape index (κ2) is 8.05. The zero-order chi connectivity index (χ0) is 20.4. The number of carbonyl (C=O) groups is 1. The first-order valence-electron chi connectivity index (χ1n) is 9.29. The third-order valence-corrected chi connectivity index (χ3v) is 7.29. The highest BCUT2D eigenvalue weighted by Crippen LogP contribution is 2.27. The van der Waals surface area contributed by atoms with Gasteiger partial charge in [-0.05, 0) is 36.4 Å². The Hall–Kier alpha value is -2.56. The molecule has 1 aliphatic rings. The van der Waals surface area contributed by atoms with Crippen LogP contribution in [0.25, 0.3) is 10.9 Å². The van der Waals surface area contributed by atoms with E-state index in [-0.39, 0.29) is 16.3 Å². The molecule has 0 saturated carbocycles. The van der Waals surface area contributed by atoms with Gasteiger partial charge >= 0.3 is 0 Å². The fourth-order valence-electron chi connectivity index (χ4n) is 3.38. The van der Waals surface area contributed by atoms with Crippen molar-refractivity contribution in [2.45, 2.75) is 24.3 Å². The fraction of sp³-hybridized carbons (Fsp3) is 0.316. The van der Waals surface area contributed by atoms with Crippen LogP contribution in [-0.4, -0.2) is 44.4 Å². The smallest absolute Gasteiger partial charge is 0.262 e. The van der Waals surface area contributed by atoms with Gasteiger partial charge in [-0.2, -0.15) is 0 Å². The molecule has 2 N–H and O–H groups in total. The summed E-state index contributed by atoms with van der Waals surface area (Å²) in [5.74, 6) is 0.799. The summed E-state index contributed by atoms with van der Waals surface area (Å²) in [5, 5.41) is 5.00. The molecule has 0 unspecified atom stereocenters. The van der Waals surface area contributed by atoms with Crippen LogP contribution in [0.3, 0.4) is 0 Å². The van der Waals surface area contributed by atoms with Crippen molar-refractivity contribution in [3.05, 3.63) is 46.4 Å². The number of anilines is 1. The third kappa shape index (κ3) is 3.96. The van der Waals surface area contributed by atoms with Crippen molar-refractivity contribution in [1.29, 1.82) is 0 Å². The van der Waals surface area contributed by atoms with Gasteiger partial charge < -0.3 is 10.2 Å². The molecule has 3 aromatic rings. The van der Waals surface area contributed by atoms with Crippen LogP contribution in [-0.2, 0) is 16.6 Å². The number of carbonyl (C=O) groups excluding carboxylic acids is 1. The molecule has 4 rings (SSSR count). The Morgan fingerprint density at radius 2 is 1.93 bits per heavy atom. The first-order valence-corrected chi connectivity index (χ1v) is 11.7. The Balaban J connectivity index is 1.63. The van der Waals surface area contributed by atoms with Crippen molar-refractivity contribution >= 4 is 44.0 Å². The third-order valence-electron chi connectivity index (χ3n) is 4.81.